The van der Waals surface area contributed by atoms with Crippen LogP contribution in [0.5, 0.6) is 0 Å². The van der Waals surface area contributed by atoms with E-state index >= 15 is 0 Å². The SMILES string of the molecule is Cc1ccc2o/c(=N/c3ccccc3)oc2c1. The van der Waals surface area contributed by atoms with Gasteiger partial charge >= 0.3 is 5.75 Å². The molecular formula is C14H11NO2. The number of benzene rings is 2. The molecule has 1 aromatic heterocycles. The zero-order chi connectivity index (χ0) is 11.7. The van der Waals surface area contributed by atoms with Crippen molar-refractivity contribution in [1.82, 2.24) is 0 Å². The molecule has 3 aromatic rings. The molecule has 0 saturated heterocycles. The van der Waals surface area contributed by atoms with Crippen LogP contribution in [0.1, 0.15) is 5.56 Å². The van der Waals surface area contributed by atoms with Gasteiger partial charge in [0.05, 0.1) is 5.69 Å². The Morgan fingerprint density at radius 1 is 0.882 bits per heavy atom. The molecule has 1 heterocycles. The van der Waals surface area contributed by atoms with Crippen molar-refractivity contribution < 1.29 is 8.83 Å². The average Bonchev–Trinajstić information content (AvgIpc) is 2.71. The summed E-state index contributed by atoms with van der Waals surface area (Å²) in [5.41, 5.74) is 3.38. The summed E-state index contributed by atoms with van der Waals surface area (Å²) in [5, 5.41) is 0. The van der Waals surface area contributed by atoms with Gasteiger partial charge in [-0.3, -0.25) is 0 Å². The van der Waals surface area contributed by atoms with Crippen molar-refractivity contribution in [1.29, 1.82) is 0 Å². The number of hydrogen-bond donors (Lipinski definition) is 0. The highest BCUT2D eigenvalue weighted by molar-refractivity contribution is 5.70. The van der Waals surface area contributed by atoms with Crippen molar-refractivity contribution in [2.45, 2.75) is 6.92 Å². The van der Waals surface area contributed by atoms with Crippen LogP contribution in [0.15, 0.2) is 62.4 Å². The Bertz CT molecular complexity index is 708. The first-order valence-electron chi connectivity index (χ1n) is 5.41. The van der Waals surface area contributed by atoms with Crippen molar-refractivity contribution in [2.24, 2.45) is 4.99 Å². The smallest absolute Gasteiger partial charge is 0.400 e. The lowest BCUT2D eigenvalue weighted by Gasteiger charge is -1.86. The number of para-hydroxylation sites is 1. The third-order valence-electron chi connectivity index (χ3n) is 2.47. The van der Waals surface area contributed by atoms with Crippen molar-refractivity contribution in [2.75, 3.05) is 0 Å². The fourth-order valence-electron chi connectivity index (χ4n) is 1.64. The molecule has 0 fully saturated rings. The number of rotatable bonds is 1. The number of aryl methyl sites for hydroxylation is 1. The van der Waals surface area contributed by atoms with Gasteiger partial charge in [0.15, 0.2) is 11.2 Å². The lowest BCUT2D eigenvalue weighted by molar-refractivity contribution is 0.391. The molecule has 0 bridgehead atoms. The van der Waals surface area contributed by atoms with E-state index in [4.69, 9.17) is 8.83 Å². The van der Waals surface area contributed by atoms with Gasteiger partial charge in [0.1, 0.15) is 0 Å². The van der Waals surface area contributed by atoms with Crippen LogP contribution in [0.25, 0.3) is 11.2 Å². The molecule has 3 rings (SSSR count). The van der Waals surface area contributed by atoms with Gasteiger partial charge in [0.25, 0.3) is 0 Å². The van der Waals surface area contributed by atoms with Crippen LogP contribution in [-0.2, 0) is 0 Å². The molecule has 0 spiro atoms. The predicted molar refractivity (Wildman–Crippen MR) is 64.9 cm³/mol. The summed E-state index contributed by atoms with van der Waals surface area (Å²) in [6.45, 7) is 2.01. The van der Waals surface area contributed by atoms with Crippen LogP contribution in [0.4, 0.5) is 5.69 Å². The van der Waals surface area contributed by atoms with Gasteiger partial charge in [0, 0.05) is 0 Å². The first kappa shape index (κ1) is 9.90. The van der Waals surface area contributed by atoms with Crippen LogP contribution >= 0.6 is 0 Å². The molecule has 0 saturated carbocycles. The molecule has 0 unspecified atom stereocenters. The molecule has 3 nitrogen and oxygen atoms in total. The van der Waals surface area contributed by atoms with Crippen LogP contribution in [0, 0.1) is 6.92 Å². The molecule has 0 radical (unpaired) electrons. The Labute approximate surface area is 98.0 Å². The zero-order valence-corrected chi connectivity index (χ0v) is 9.38. The molecule has 0 N–H and O–H groups in total. The molecule has 2 aromatic carbocycles. The fourth-order valence-corrected chi connectivity index (χ4v) is 1.64. The summed E-state index contributed by atoms with van der Waals surface area (Å²) >= 11 is 0. The van der Waals surface area contributed by atoms with Gasteiger partial charge in [0.2, 0.25) is 0 Å². The van der Waals surface area contributed by atoms with E-state index in [9.17, 15) is 0 Å². The molecule has 0 aliphatic carbocycles. The highest BCUT2D eigenvalue weighted by Gasteiger charge is 2.01. The van der Waals surface area contributed by atoms with Crippen molar-refractivity contribution in [3.8, 4) is 0 Å². The predicted octanol–water partition coefficient (Wildman–Crippen LogP) is 3.57. The highest BCUT2D eigenvalue weighted by atomic mass is 16.5. The quantitative estimate of drug-likeness (QED) is 0.635. The minimum atomic E-state index is 0.275. The van der Waals surface area contributed by atoms with Crippen LogP contribution in [0.3, 0.4) is 0 Å². The number of fused-ring (bicyclic) bond motifs is 1. The Kier molecular flexibility index (Phi) is 2.29. The molecule has 0 amide bonds. The van der Waals surface area contributed by atoms with E-state index in [-0.39, 0.29) is 5.75 Å². The normalized spacial score (nSPS) is 12.2. The first-order valence-corrected chi connectivity index (χ1v) is 5.41. The zero-order valence-electron chi connectivity index (χ0n) is 9.38. The minimum Gasteiger partial charge on any atom is -0.407 e. The van der Waals surface area contributed by atoms with Crippen molar-refractivity contribution >= 4 is 16.9 Å². The van der Waals surface area contributed by atoms with Gasteiger partial charge in [-0.25, -0.2) is 0 Å². The number of hydrogen-bond acceptors (Lipinski definition) is 3. The Morgan fingerprint density at radius 3 is 2.47 bits per heavy atom. The fraction of sp³-hybridized carbons (Fsp3) is 0.0714. The second-order valence-corrected chi connectivity index (χ2v) is 3.87. The molecular weight excluding hydrogens is 214 g/mol. The van der Waals surface area contributed by atoms with Crippen molar-refractivity contribution in [3.05, 3.63) is 59.8 Å². The third kappa shape index (κ3) is 1.99. The highest BCUT2D eigenvalue weighted by Crippen LogP contribution is 2.15. The molecule has 3 heteroatoms. The van der Waals surface area contributed by atoms with Gasteiger partial charge < -0.3 is 8.83 Å². The Morgan fingerprint density at radius 2 is 1.65 bits per heavy atom. The van der Waals surface area contributed by atoms with E-state index in [0.717, 1.165) is 16.8 Å². The largest absolute Gasteiger partial charge is 0.407 e. The summed E-state index contributed by atoms with van der Waals surface area (Å²) in [4.78, 5) is 4.27. The summed E-state index contributed by atoms with van der Waals surface area (Å²) in [5.74, 6) is 0.275. The first-order chi connectivity index (χ1) is 8.31. The van der Waals surface area contributed by atoms with E-state index < -0.39 is 0 Å². The maximum absolute atomic E-state index is 5.52. The third-order valence-corrected chi connectivity index (χ3v) is 2.47. The summed E-state index contributed by atoms with van der Waals surface area (Å²) in [7, 11) is 0. The minimum absolute atomic E-state index is 0.275. The second kappa shape index (κ2) is 3.94. The average molecular weight is 225 g/mol. The molecule has 84 valence electrons. The van der Waals surface area contributed by atoms with Gasteiger partial charge in [-0.15, -0.1) is 0 Å². The number of nitrogens with zero attached hydrogens (tertiary/aromatic N) is 1. The summed E-state index contributed by atoms with van der Waals surface area (Å²) < 4.78 is 11.0. The lowest BCUT2D eigenvalue weighted by atomic mass is 10.2. The van der Waals surface area contributed by atoms with Crippen molar-refractivity contribution in [3.63, 3.8) is 0 Å². The van der Waals surface area contributed by atoms with E-state index in [1.165, 1.54) is 0 Å². The summed E-state index contributed by atoms with van der Waals surface area (Å²) in [6.07, 6.45) is 0. The van der Waals surface area contributed by atoms with E-state index in [0.29, 0.717) is 5.58 Å². The van der Waals surface area contributed by atoms with E-state index in [1.807, 2.05) is 55.5 Å². The molecule has 0 aliphatic heterocycles. The molecule has 0 atom stereocenters. The van der Waals surface area contributed by atoms with Gasteiger partial charge in [-0.2, -0.15) is 4.99 Å². The topological polar surface area (TPSA) is 38.6 Å². The Balaban J connectivity index is 2.15. The Hall–Kier alpha value is -2.29. The second-order valence-electron chi connectivity index (χ2n) is 3.87. The standard InChI is InChI=1S/C14H11NO2/c1-10-7-8-12-13(9-10)17-14(16-12)15-11-5-3-2-4-6-11/h2-9H,1H3/b15-14-. The van der Waals surface area contributed by atoms with E-state index in [2.05, 4.69) is 4.99 Å². The maximum Gasteiger partial charge on any atom is 0.400 e. The molecule has 0 aliphatic rings. The molecule has 17 heavy (non-hydrogen) atoms. The van der Waals surface area contributed by atoms with Crippen LogP contribution in [0.2, 0.25) is 0 Å². The van der Waals surface area contributed by atoms with Gasteiger partial charge in [-0.1, -0.05) is 24.3 Å². The lowest BCUT2D eigenvalue weighted by Crippen LogP contribution is -1.90. The van der Waals surface area contributed by atoms with Crippen LogP contribution < -0.4 is 5.75 Å². The van der Waals surface area contributed by atoms with Gasteiger partial charge in [-0.05, 0) is 36.8 Å². The van der Waals surface area contributed by atoms with E-state index in [1.54, 1.807) is 0 Å². The van der Waals surface area contributed by atoms with Crippen LogP contribution in [-0.4, -0.2) is 0 Å². The monoisotopic (exact) mass is 225 g/mol. The maximum atomic E-state index is 5.52. The summed E-state index contributed by atoms with van der Waals surface area (Å²) in [6, 6.07) is 15.4.